The summed E-state index contributed by atoms with van der Waals surface area (Å²) in [5.74, 6) is -0.252. The van der Waals surface area contributed by atoms with E-state index in [2.05, 4.69) is 5.32 Å². The molecule has 1 aliphatic heterocycles. The Morgan fingerprint density at radius 3 is 2.38 bits per heavy atom. The topological polar surface area (TPSA) is 52.7 Å². The Bertz CT molecular complexity index is 1280. The van der Waals surface area contributed by atoms with E-state index in [0.29, 0.717) is 48.0 Å². The summed E-state index contributed by atoms with van der Waals surface area (Å²) in [4.78, 5) is 31.5. The molecule has 1 aromatic heterocycles. The van der Waals surface area contributed by atoms with Gasteiger partial charge in [0.25, 0.3) is 0 Å². The van der Waals surface area contributed by atoms with Crippen molar-refractivity contribution in [2.24, 2.45) is 0 Å². The normalized spacial score (nSPS) is 16.4. The van der Waals surface area contributed by atoms with Crippen LogP contribution in [0.2, 0.25) is 0 Å². The Hall–Kier alpha value is -3.17. The fraction of sp³-hybridized carbons (Fsp3) is 0.357. The van der Waals surface area contributed by atoms with E-state index in [1.165, 1.54) is 28.3 Å². The van der Waals surface area contributed by atoms with E-state index in [4.69, 9.17) is 0 Å². The van der Waals surface area contributed by atoms with Crippen LogP contribution in [0, 0.1) is 0 Å². The van der Waals surface area contributed by atoms with Crippen LogP contribution in [-0.4, -0.2) is 49.3 Å². The maximum atomic E-state index is 13.4. The maximum Gasteiger partial charge on any atom is 0.416 e. The van der Waals surface area contributed by atoms with Gasteiger partial charge >= 0.3 is 6.18 Å². The number of amides is 1. The van der Waals surface area contributed by atoms with Gasteiger partial charge in [0.1, 0.15) is 5.00 Å². The predicted octanol–water partition coefficient (Wildman–Crippen LogP) is 5.64. The molecule has 3 aromatic rings. The van der Waals surface area contributed by atoms with Crippen molar-refractivity contribution in [3.63, 3.8) is 0 Å². The summed E-state index contributed by atoms with van der Waals surface area (Å²) in [5.41, 5.74) is 2.16. The number of anilines is 2. The molecule has 1 N–H and O–H groups in total. The Morgan fingerprint density at radius 2 is 1.65 bits per heavy atom. The standard InChI is InChI=1S/C28H28F3N3O2S/c29-28(30,31)20-9-6-10-21(17-20)34-15-13-33(14-16-34)18-24(35)32-27-25(22-11-4-5-12-23(22)37-27)26(36)19-7-2-1-3-8-19/h1-3,6-10,17H,4-5,11-16,18H2,(H,32,35). The van der Waals surface area contributed by atoms with Gasteiger partial charge in [-0.05, 0) is 49.4 Å². The summed E-state index contributed by atoms with van der Waals surface area (Å²) in [6.07, 6.45) is -0.508. The predicted molar refractivity (Wildman–Crippen MR) is 140 cm³/mol. The number of piperazine rings is 1. The second-order valence-electron chi connectivity index (χ2n) is 9.47. The largest absolute Gasteiger partial charge is 0.416 e. The minimum Gasteiger partial charge on any atom is -0.369 e. The van der Waals surface area contributed by atoms with Crippen LogP contribution >= 0.6 is 11.3 Å². The van der Waals surface area contributed by atoms with E-state index in [-0.39, 0.29) is 18.2 Å². The third kappa shape index (κ3) is 5.72. The van der Waals surface area contributed by atoms with Crippen molar-refractivity contribution in [3.8, 4) is 0 Å². The van der Waals surface area contributed by atoms with Crippen LogP contribution in [0.4, 0.5) is 23.9 Å². The highest BCUT2D eigenvalue weighted by atomic mass is 32.1. The molecule has 0 radical (unpaired) electrons. The van der Waals surface area contributed by atoms with Gasteiger partial charge in [0.15, 0.2) is 5.78 Å². The maximum absolute atomic E-state index is 13.4. The van der Waals surface area contributed by atoms with Gasteiger partial charge in [-0.1, -0.05) is 36.4 Å². The average molecular weight is 528 g/mol. The highest BCUT2D eigenvalue weighted by molar-refractivity contribution is 7.17. The second kappa shape index (κ2) is 10.7. The molecule has 1 fully saturated rings. The molecule has 2 aliphatic rings. The minimum atomic E-state index is -4.38. The van der Waals surface area contributed by atoms with Crippen LogP contribution < -0.4 is 10.2 Å². The highest BCUT2D eigenvalue weighted by Gasteiger charge is 2.31. The molecular weight excluding hydrogens is 499 g/mol. The summed E-state index contributed by atoms with van der Waals surface area (Å²) in [7, 11) is 0. The average Bonchev–Trinajstić information content (AvgIpc) is 3.26. The third-order valence-corrected chi connectivity index (χ3v) is 8.17. The second-order valence-corrected chi connectivity index (χ2v) is 10.6. The van der Waals surface area contributed by atoms with E-state index in [1.807, 2.05) is 28.0 Å². The number of rotatable bonds is 6. The summed E-state index contributed by atoms with van der Waals surface area (Å²) < 4.78 is 39.2. The summed E-state index contributed by atoms with van der Waals surface area (Å²) in [6.45, 7) is 2.33. The lowest BCUT2D eigenvalue weighted by molar-refractivity contribution is -0.137. The van der Waals surface area contributed by atoms with E-state index in [0.717, 1.165) is 37.3 Å². The zero-order chi connectivity index (χ0) is 26.0. The van der Waals surface area contributed by atoms with Gasteiger partial charge in [-0.2, -0.15) is 13.2 Å². The molecule has 9 heteroatoms. The van der Waals surface area contributed by atoms with Crippen molar-refractivity contribution in [3.05, 3.63) is 81.7 Å². The number of nitrogens with zero attached hydrogens (tertiary/aromatic N) is 2. The number of aryl methyl sites for hydroxylation is 1. The van der Waals surface area contributed by atoms with E-state index < -0.39 is 11.7 Å². The van der Waals surface area contributed by atoms with Gasteiger partial charge in [-0.3, -0.25) is 14.5 Å². The Kier molecular flexibility index (Phi) is 7.35. The minimum absolute atomic E-state index is 0.0648. The van der Waals surface area contributed by atoms with Crippen LogP contribution in [0.1, 0.15) is 44.8 Å². The number of thiophene rings is 1. The van der Waals surface area contributed by atoms with Crippen molar-refractivity contribution in [2.45, 2.75) is 31.9 Å². The summed E-state index contributed by atoms with van der Waals surface area (Å²) in [5, 5.41) is 3.63. The van der Waals surface area contributed by atoms with Crippen LogP contribution in [0.5, 0.6) is 0 Å². The quantitative estimate of drug-likeness (QED) is 0.422. The van der Waals surface area contributed by atoms with Gasteiger partial charge < -0.3 is 10.2 Å². The molecule has 0 unspecified atom stereocenters. The number of nitrogens with one attached hydrogen (secondary N) is 1. The molecule has 0 atom stereocenters. The Balaban J connectivity index is 1.24. The smallest absolute Gasteiger partial charge is 0.369 e. The van der Waals surface area contributed by atoms with Crippen molar-refractivity contribution < 1.29 is 22.8 Å². The van der Waals surface area contributed by atoms with Gasteiger partial charge in [0, 0.05) is 42.3 Å². The fourth-order valence-corrected chi connectivity index (χ4v) is 6.34. The molecular formula is C28H28F3N3O2S. The number of hydrogen-bond acceptors (Lipinski definition) is 5. The molecule has 0 bridgehead atoms. The molecule has 5 rings (SSSR count). The van der Waals surface area contributed by atoms with Crippen LogP contribution in [0.3, 0.4) is 0 Å². The fourth-order valence-electron chi connectivity index (χ4n) is 5.04. The van der Waals surface area contributed by atoms with E-state index in [9.17, 15) is 22.8 Å². The van der Waals surface area contributed by atoms with Crippen molar-refractivity contribution in [1.82, 2.24) is 4.90 Å². The number of fused-ring (bicyclic) bond motifs is 1. The zero-order valence-electron chi connectivity index (χ0n) is 20.3. The lowest BCUT2D eigenvalue weighted by atomic mass is 9.92. The van der Waals surface area contributed by atoms with Crippen LogP contribution in [-0.2, 0) is 23.8 Å². The number of ketones is 1. The molecule has 1 amide bonds. The lowest BCUT2D eigenvalue weighted by Crippen LogP contribution is -2.48. The van der Waals surface area contributed by atoms with Crippen LogP contribution in [0.15, 0.2) is 54.6 Å². The Morgan fingerprint density at radius 1 is 0.919 bits per heavy atom. The third-order valence-electron chi connectivity index (χ3n) is 6.97. The number of halogens is 3. The van der Waals surface area contributed by atoms with Crippen molar-refractivity contribution >= 4 is 33.7 Å². The molecule has 2 heterocycles. The number of benzene rings is 2. The molecule has 2 aromatic carbocycles. The van der Waals surface area contributed by atoms with Crippen LogP contribution in [0.25, 0.3) is 0 Å². The molecule has 1 saturated heterocycles. The first-order chi connectivity index (χ1) is 17.8. The van der Waals surface area contributed by atoms with Gasteiger partial charge in [0.05, 0.1) is 17.7 Å². The Labute approximate surface area is 217 Å². The van der Waals surface area contributed by atoms with E-state index >= 15 is 0 Å². The number of hydrogen-bond donors (Lipinski definition) is 1. The first-order valence-electron chi connectivity index (χ1n) is 12.5. The lowest BCUT2D eigenvalue weighted by Gasteiger charge is -2.36. The monoisotopic (exact) mass is 527 g/mol. The molecule has 1 aliphatic carbocycles. The molecule has 0 spiro atoms. The molecule has 194 valence electrons. The van der Waals surface area contributed by atoms with E-state index in [1.54, 1.807) is 18.2 Å². The number of alkyl halides is 3. The number of carbonyl (C=O) groups is 2. The highest BCUT2D eigenvalue weighted by Crippen LogP contribution is 2.39. The summed E-state index contributed by atoms with van der Waals surface area (Å²) >= 11 is 1.50. The first kappa shape index (κ1) is 25.5. The SMILES string of the molecule is O=C(CN1CCN(c2cccc(C(F)(F)F)c2)CC1)Nc1sc2c(c1C(=O)c1ccccc1)CCCC2. The van der Waals surface area contributed by atoms with Gasteiger partial charge in [-0.15, -0.1) is 11.3 Å². The molecule has 0 saturated carbocycles. The van der Waals surface area contributed by atoms with Gasteiger partial charge in [-0.25, -0.2) is 0 Å². The van der Waals surface area contributed by atoms with Crippen molar-refractivity contribution in [2.75, 3.05) is 42.9 Å². The van der Waals surface area contributed by atoms with Crippen molar-refractivity contribution in [1.29, 1.82) is 0 Å². The van der Waals surface area contributed by atoms with Gasteiger partial charge in [0.2, 0.25) is 5.91 Å². The summed E-state index contributed by atoms with van der Waals surface area (Å²) in [6, 6.07) is 14.5. The first-order valence-corrected chi connectivity index (χ1v) is 13.3. The zero-order valence-corrected chi connectivity index (χ0v) is 21.1. The molecule has 37 heavy (non-hydrogen) atoms. The molecule has 5 nitrogen and oxygen atoms in total. The number of carbonyl (C=O) groups excluding carboxylic acids is 2.